The molecular weight excluding hydrogens is 284 g/mol. The summed E-state index contributed by atoms with van der Waals surface area (Å²) in [5.74, 6) is 0.00672. The first kappa shape index (κ1) is 12.4. The van der Waals surface area contributed by atoms with Gasteiger partial charge in [-0.1, -0.05) is 0 Å². The van der Waals surface area contributed by atoms with E-state index in [0.29, 0.717) is 10.4 Å². The van der Waals surface area contributed by atoms with Crippen molar-refractivity contribution in [2.24, 2.45) is 5.92 Å². The highest BCUT2D eigenvalue weighted by Crippen LogP contribution is 2.46. The van der Waals surface area contributed by atoms with Crippen LogP contribution >= 0.6 is 15.9 Å². The summed E-state index contributed by atoms with van der Waals surface area (Å²) >= 11 is 3.29. The lowest BCUT2D eigenvalue weighted by Crippen LogP contribution is -2.09. The van der Waals surface area contributed by atoms with Gasteiger partial charge in [-0.25, -0.2) is 0 Å². The molecule has 0 radical (unpaired) electrons. The van der Waals surface area contributed by atoms with Crippen molar-refractivity contribution in [3.05, 3.63) is 27.7 Å². The Balaban J connectivity index is 2.35. The zero-order valence-corrected chi connectivity index (χ0v) is 11.2. The van der Waals surface area contributed by atoms with Gasteiger partial charge in [0.2, 0.25) is 0 Å². The predicted molar refractivity (Wildman–Crippen MR) is 68.3 cm³/mol. The van der Waals surface area contributed by atoms with E-state index in [9.17, 15) is 9.90 Å². The number of benzene rings is 1. The molecule has 0 aliphatic heterocycles. The molecule has 2 rings (SSSR count). The number of halogens is 1. The molecule has 1 atom stereocenters. The summed E-state index contributed by atoms with van der Waals surface area (Å²) in [6.07, 6.45) is 2.38. The van der Waals surface area contributed by atoms with E-state index in [-0.39, 0.29) is 18.1 Å². The van der Waals surface area contributed by atoms with Crippen LogP contribution in [0, 0.1) is 12.8 Å². The zero-order valence-electron chi connectivity index (χ0n) is 9.61. The SMILES string of the molecule is Cc1cc(O)c(Br)cc1C(CC(=O)O)C1CC1. The van der Waals surface area contributed by atoms with Crippen molar-refractivity contribution in [3.8, 4) is 5.75 Å². The maximum atomic E-state index is 10.9. The van der Waals surface area contributed by atoms with E-state index in [1.54, 1.807) is 6.07 Å². The minimum absolute atomic E-state index is 0.0735. The first-order valence-corrected chi connectivity index (χ1v) is 6.49. The number of aromatic hydroxyl groups is 1. The molecule has 92 valence electrons. The van der Waals surface area contributed by atoms with Crippen molar-refractivity contribution in [2.75, 3.05) is 0 Å². The van der Waals surface area contributed by atoms with Gasteiger partial charge in [-0.3, -0.25) is 4.79 Å². The molecule has 0 spiro atoms. The molecule has 1 saturated carbocycles. The third-order valence-electron chi connectivity index (χ3n) is 3.32. The molecule has 0 aromatic heterocycles. The van der Waals surface area contributed by atoms with Crippen LogP contribution in [-0.4, -0.2) is 16.2 Å². The Morgan fingerprint density at radius 1 is 1.53 bits per heavy atom. The van der Waals surface area contributed by atoms with E-state index in [1.165, 1.54) is 0 Å². The standard InChI is InChI=1S/C13H15BrO3/c1-7-4-12(15)11(14)5-9(7)10(6-13(16)17)8-2-3-8/h4-5,8,10,15H,2-3,6H2,1H3,(H,16,17). The summed E-state index contributed by atoms with van der Waals surface area (Å²) in [5, 5.41) is 18.6. The summed E-state index contributed by atoms with van der Waals surface area (Å²) in [6.45, 7) is 1.92. The zero-order chi connectivity index (χ0) is 12.6. The van der Waals surface area contributed by atoms with Gasteiger partial charge in [0.25, 0.3) is 0 Å². The van der Waals surface area contributed by atoms with Crippen LogP contribution in [0.2, 0.25) is 0 Å². The molecule has 3 nitrogen and oxygen atoms in total. The fraction of sp³-hybridized carbons (Fsp3) is 0.462. The lowest BCUT2D eigenvalue weighted by atomic mass is 9.88. The van der Waals surface area contributed by atoms with E-state index in [2.05, 4.69) is 15.9 Å². The Morgan fingerprint density at radius 2 is 2.18 bits per heavy atom. The van der Waals surface area contributed by atoms with Crippen molar-refractivity contribution in [3.63, 3.8) is 0 Å². The van der Waals surface area contributed by atoms with Gasteiger partial charge in [0, 0.05) is 0 Å². The number of phenols is 1. The number of aliphatic carboxylic acids is 1. The minimum Gasteiger partial charge on any atom is -0.507 e. The molecule has 0 bridgehead atoms. The average molecular weight is 299 g/mol. The van der Waals surface area contributed by atoms with Gasteiger partial charge in [0.05, 0.1) is 10.9 Å². The normalized spacial score (nSPS) is 16.8. The summed E-state index contributed by atoms with van der Waals surface area (Å²) in [6, 6.07) is 3.55. The molecule has 0 heterocycles. The Bertz CT molecular complexity index is 452. The van der Waals surface area contributed by atoms with Crippen LogP contribution in [0.4, 0.5) is 0 Å². The van der Waals surface area contributed by atoms with Gasteiger partial charge in [0.15, 0.2) is 0 Å². The molecule has 1 aromatic carbocycles. The highest BCUT2D eigenvalue weighted by Gasteiger charge is 2.34. The Morgan fingerprint density at radius 3 is 2.71 bits per heavy atom. The number of carbonyl (C=O) groups is 1. The van der Waals surface area contributed by atoms with E-state index in [4.69, 9.17) is 5.11 Å². The number of carboxylic acids is 1. The summed E-state index contributed by atoms with van der Waals surface area (Å²) in [5.41, 5.74) is 2.00. The molecule has 4 heteroatoms. The topological polar surface area (TPSA) is 57.5 Å². The highest BCUT2D eigenvalue weighted by atomic mass is 79.9. The predicted octanol–water partition coefficient (Wildman–Crippen LogP) is 3.43. The second kappa shape index (κ2) is 4.69. The Hall–Kier alpha value is -1.03. The van der Waals surface area contributed by atoms with E-state index < -0.39 is 5.97 Å². The molecule has 1 aromatic rings. The van der Waals surface area contributed by atoms with Crippen molar-refractivity contribution in [1.29, 1.82) is 0 Å². The van der Waals surface area contributed by atoms with E-state index in [0.717, 1.165) is 24.0 Å². The maximum absolute atomic E-state index is 10.9. The number of hydrogen-bond donors (Lipinski definition) is 2. The second-order valence-corrected chi connectivity index (χ2v) is 5.56. The number of rotatable bonds is 4. The number of hydrogen-bond acceptors (Lipinski definition) is 2. The third-order valence-corrected chi connectivity index (χ3v) is 3.96. The average Bonchev–Trinajstić information content (AvgIpc) is 3.04. The molecule has 0 saturated heterocycles. The van der Waals surface area contributed by atoms with Crippen LogP contribution in [-0.2, 0) is 4.79 Å². The van der Waals surface area contributed by atoms with Gasteiger partial charge in [-0.05, 0) is 70.8 Å². The van der Waals surface area contributed by atoms with Crippen molar-refractivity contribution >= 4 is 21.9 Å². The fourth-order valence-electron chi connectivity index (χ4n) is 2.30. The van der Waals surface area contributed by atoms with Gasteiger partial charge < -0.3 is 10.2 Å². The molecule has 1 unspecified atom stereocenters. The fourth-order valence-corrected chi connectivity index (χ4v) is 2.66. The van der Waals surface area contributed by atoms with Crippen LogP contribution in [0.15, 0.2) is 16.6 Å². The van der Waals surface area contributed by atoms with Gasteiger partial charge >= 0.3 is 5.97 Å². The van der Waals surface area contributed by atoms with Crippen molar-refractivity contribution < 1.29 is 15.0 Å². The first-order chi connectivity index (χ1) is 7.99. The van der Waals surface area contributed by atoms with Gasteiger partial charge in [-0.2, -0.15) is 0 Å². The van der Waals surface area contributed by atoms with Crippen LogP contribution in [0.5, 0.6) is 5.75 Å². The van der Waals surface area contributed by atoms with E-state index >= 15 is 0 Å². The monoisotopic (exact) mass is 298 g/mol. The maximum Gasteiger partial charge on any atom is 0.303 e. The van der Waals surface area contributed by atoms with Crippen LogP contribution < -0.4 is 0 Å². The lowest BCUT2D eigenvalue weighted by Gasteiger charge is -2.18. The molecule has 0 amide bonds. The highest BCUT2D eigenvalue weighted by molar-refractivity contribution is 9.10. The van der Waals surface area contributed by atoms with Crippen molar-refractivity contribution in [2.45, 2.75) is 32.1 Å². The summed E-state index contributed by atoms with van der Waals surface area (Å²) in [7, 11) is 0. The summed E-state index contributed by atoms with van der Waals surface area (Å²) in [4.78, 5) is 10.9. The lowest BCUT2D eigenvalue weighted by molar-refractivity contribution is -0.137. The molecule has 1 aliphatic rings. The van der Waals surface area contributed by atoms with Crippen LogP contribution in [0.25, 0.3) is 0 Å². The molecule has 1 fully saturated rings. The first-order valence-electron chi connectivity index (χ1n) is 5.70. The smallest absolute Gasteiger partial charge is 0.303 e. The second-order valence-electron chi connectivity index (χ2n) is 4.70. The molecular formula is C13H15BrO3. The van der Waals surface area contributed by atoms with Gasteiger partial charge in [0.1, 0.15) is 5.75 Å². The quantitative estimate of drug-likeness (QED) is 0.895. The van der Waals surface area contributed by atoms with E-state index in [1.807, 2.05) is 13.0 Å². The van der Waals surface area contributed by atoms with Crippen molar-refractivity contribution in [1.82, 2.24) is 0 Å². The Kier molecular flexibility index (Phi) is 3.43. The van der Waals surface area contributed by atoms with Crippen LogP contribution in [0.1, 0.15) is 36.3 Å². The Labute approximate surface area is 109 Å². The summed E-state index contributed by atoms with van der Waals surface area (Å²) < 4.78 is 0.633. The number of carboxylic acid groups (broad SMARTS) is 1. The number of aryl methyl sites for hydroxylation is 1. The minimum atomic E-state index is -0.759. The van der Waals surface area contributed by atoms with Crippen LogP contribution in [0.3, 0.4) is 0 Å². The third kappa shape index (κ3) is 2.80. The number of phenolic OH excluding ortho intramolecular Hbond substituents is 1. The molecule has 1 aliphatic carbocycles. The molecule has 17 heavy (non-hydrogen) atoms. The molecule has 2 N–H and O–H groups in total. The largest absolute Gasteiger partial charge is 0.507 e. The van der Waals surface area contributed by atoms with Gasteiger partial charge in [-0.15, -0.1) is 0 Å².